The molecule has 0 aromatic rings. The second-order valence-electron chi connectivity index (χ2n) is 5.37. The molecule has 20 heavy (non-hydrogen) atoms. The molecular weight excluding hydrogens is 276 g/mol. The summed E-state index contributed by atoms with van der Waals surface area (Å²) in [4.78, 5) is 22.1. The molecule has 0 fully saturated rings. The van der Waals surface area contributed by atoms with Crippen molar-refractivity contribution >= 4 is 22.8 Å². The van der Waals surface area contributed by atoms with Gasteiger partial charge in [-0.05, 0) is 24.9 Å². The molecule has 0 saturated heterocycles. The highest BCUT2D eigenvalue weighted by Gasteiger charge is 2.14. The first-order valence-electron chi connectivity index (χ1n) is 7.96. The maximum absolute atomic E-state index is 11.4. The Morgan fingerprint density at radius 2 is 1.35 bits per heavy atom. The fourth-order valence-electron chi connectivity index (χ4n) is 2.06. The summed E-state index contributed by atoms with van der Waals surface area (Å²) in [6, 6.07) is 0. The fourth-order valence-corrected chi connectivity index (χ4v) is 2.10. The van der Waals surface area contributed by atoms with Crippen molar-refractivity contribution < 1.29 is 14.3 Å². The van der Waals surface area contributed by atoms with Gasteiger partial charge in [0.15, 0.2) is 6.10 Å². The van der Waals surface area contributed by atoms with Crippen LogP contribution in [0.5, 0.6) is 0 Å². The summed E-state index contributed by atoms with van der Waals surface area (Å²) >= 11 is 5.22. The highest BCUT2D eigenvalue weighted by atomic mass is 35.5. The van der Waals surface area contributed by atoms with Crippen molar-refractivity contribution in [3.05, 3.63) is 0 Å². The number of halogens is 1. The van der Waals surface area contributed by atoms with Crippen LogP contribution in [0.3, 0.4) is 0 Å². The lowest BCUT2D eigenvalue weighted by atomic mass is 10.1. The van der Waals surface area contributed by atoms with Crippen molar-refractivity contribution in [2.45, 2.75) is 90.6 Å². The lowest BCUT2D eigenvalue weighted by molar-refractivity contribution is -0.151. The lowest BCUT2D eigenvalue weighted by Crippen LogP contribution is -2.20. The minimum Gasteiger partial charge on any atom is -0.453 e. The van der Waals surface area contributed by atoms with Crippen LogP contribution in [0.2, 0.25) is 0 Å². The van der Waals surface area contributed by atoms with E-state index in [1.807, 2.05) is 0 Å². The molecule has 0 N–H and O–H groups in total. The molecule has 0 aliphatic carbocycles. The van der Waals surface area contributed by atoms with Gasteiger partial charge >= 0.3 is 5.97 Å². The van der Waals surface area contributed by atoms with Crippen molar-refractivity contribution in [2.75, 3.05) is 0 Å². The van der Waals surface area contributed by atoms with Crippen LogP contribution in [0.1, 0.15) is 84.5 Å². The van der Waals surface area contributed by atoms with Crippen molar-refractivity contribution in [3.8, 4) is 0 Å². The van der Waals surface area contributed by atoms with Crippen molar-refractivity contribution in [2.24, 2.45) is 0 Å². The molecule has 3 nitrogen and oxygen atoms in total. The number of unbranched alkanes of at least 4 members (excludes halogenated alkanes) is 9. The topological polar surface area (TPSA) is 43.4 Å². The quantitative estimate of drug-likeness (QED) is 0.273. The molecular formula is C16H29ClO3. The Balaban J connectivity index is 3.27. The zero-order valence-electron chi connectivity index (χ0n) is 13.0. The number of esters is 1. The Bertz CT molecular complexity index is 266. The molecule has 0 amide bonds. The zero-order chi connectivity index (χ0) is 15.2. The maximum Gasteiger partial charge on any atom is 0.306 e. The summed E-state index contributed by atoms with van der Waals surface area (Å²) in [7, 11) is 0. The molecule has 0 heterocycles. The van der Waals surface area contributed by atoms with Crippen molar-refractivity contribution in [3.63, 3.8) is 0 Å². The predicted molar refractivity (Wildman–Crippen MR) is 82.9 cm³/mol. The highest BCUT2D eigenvalue weighted by molar-refractivity contribution is 6.64. The fraction of sp³-hybridized carbons (Fsp3) is 0.875. The van der Waals surface area contributed by atoms with Gasteiger partial charge in [-0.15, -0.1) is 0 Å². The van der Waals surface area contributed by atoms with Gasteiger partial charge in [0.1, 0.15) is 0 Å². The van der Waals surface area contributed by atoms with E-state index in [1.165, 1.54) is 58.3 Å². The van der Waals surface area contributed by atoms with Crippen LogP contribution < -0.4 is 0 Å². The molecule has 4 heteroatoms. The van der Waals surface area contributed by atoms with E-state index in [2.05, 4.69) is 6.92 Å². The average molecular weight is 305 g/mol. The molecule has 1 atom stereocenters. The van der Waals surface area contributed by atoms with Gasteiger partial charge in [-0.25, -0.2) is 0 Å². The van der Waals surface area contributed by atoms with Gasteiger partial charge in [0, 0.05) is 6.42 Å². The van der Waals surface area contributed by atoms with Crippen LogP contribution in [0.4, 0.5) is 0 Å². The molecule has 0 rings (SSSR count). The first-order valence-corrected chi connectivity index (χ1v) is 8.34. The summed E-state index contributed by atoms with van der Waals surface area (Å²) in [6.07, 6.45) is 11.8. The molecule has 0 radical (unpaired) electrons. The van der Waals surface area contributed by atoms with Crippen LogP contribution in [0, 0.1) is 0 Å². The van der Waals surface area contributed by atoms with Gasteiger partial charge in [0.2, 0.25) is 0 Å². The Morgan fingerprint density at radius 1 is 0.900 bits per heavy atom. The maximum atomic E-state index is 11.4. The van der Waals surface area contributed by atoms with Crippen LogP contribution in [-0.2, 0) is 14.3 Å². The van der Waals surface area contributed by atoms with Crippen LogP contribution in [-0.4, -0.2) is 17.3 Å². The van der Waals surface area contributed by atoms with Gasteiger partial charge in [-0.3, -0.25) is 9.59 Å². The highest BCUT2D eigenvalue weighted by Crippen LogP contribution is 2.11. The molecule has 118 valence electrons. The molecule has 0 spiro atoms. The molecule has 0 aliphatic heterocycles. The average Bonchev–Trinajstić information content (AvgIpc) is 2.40. The number of carbonyl (C=O) groups is 2. The van der Waals surface area contributed by atoms with Gasteiger partial charge in [-0.1, -0.05) is 64.7 Å². The number of rotatable bonds is 13. The van der Waals surface area contributed by atoms with Gasteiger partial charge < -0.3 is 4.74 Å². The molecule has 1 unspecified atom stereocenters. The van der Waals surface area contributed by atoms with Crippen LogP contribution in [0.15, 0.2) is 0 Å². The van der Waals surface area contributed by atoms with E-state index in [9.17, 15) is 9.59 Å². The first kappa shape index (κ1) is 19.4. The van der Waals surface area contributed by atoms with E-state index in [1.54, 1.807) is 0 Å². The van der Waals surface area contributed by atoms with E-state index in [-0.39, 0.29) is 5.97 Å². The van der Waals surface area contributed by atoms with Crippen molar-refractivity contribution in [1.29, 1.82) is 0 Å². The summed E-state index contributed by atoms with van der Waals surface area (Å²) in [6.45, 7) is 3.72. The molecule has 0 saturated carbocycles. The van der Waals surface area contributed by atoms with Gasteiger partial charge in [0.25, 0.3) is 5.24 Å². The standard InChI is InChI=1S/C16H29ClO3/c1-3-4-5-6-7-8-9-10-11-12-13-15(18)20-14(2)16(17)19/h14H,3-13H2,1-2H3. The summed E-state index contributed by atoms with van der Waals surface area (Å²) < 4.78 is 4.87. The number of hydrogen-bond acceptors (Lipinski definition) is 3. The Labute approximate surface area is 128 Å². The minimum absolute atomic E-state index is 0.328. The second kappa shape index (κ2) is 13.4. The van der Waals surface area contributed by atoms with Crippen molar-refractivity contribution in [1.82, 2.24) is 0 Å². The van der Waals surface area contributed by atoms with Gasteiger partial charge in [0.05, 0.1) is 0 Å². The number of ether oxygens (including phenoxy) is 1. The molecule has 0 bridgehead atoms. The third kappa shape index (κ3) is 12.5. The van der Waals surface area contributed by atoms with Gasteiger partial charge in [-0.2, -0.15) is 0 Å². The Hall–Kier alpha value is -0.570. The first-order chi connectivity index (χ1) is 9.57. The predicted octanol–water partition coefficient (Wildman–Crippen LogP) is 4.99. The van der Waals surface area contributed by atoms with E-state index in [0.29, 0.717) is 6.42 Å². The Morgan fingerprint density at radius 3 is 1.80 bits per heavy atom. The minimum atomic E-state index is -0.827. The smallest absolute Gasteiger partial charge is 0.306 e. The molecule has 0 aromatic heterocycles. The monoisotopic (exact) mass is 304 g/mol. The van der Waals surface area contributed by atoms with E-state index in [0.717, 1.165) is 12.8 Å². The molecule has 0 aromatic carbocycles. The normalized spacial score (nSPS) is 12.2. The van der Waals surface area contributed by atoms with Crippen LogP contribution in [0.25, 0.3) is 0 Å². The third-order valence-corrected chi connectivity index (χ3v) is 3.67. The van der Waals surface area contributed by atoms with E-state index in [4.69, 9.17) is 16.3 Å². The summed E-state index contributed by atoms with van der Waals surface area (Å²) in [5.41, 5.74) is 0. The number of hydrogen-bond donors (Lipinski definition) is 0. The van der Waals surface area contributed by atoms with E-state index < -0.39 is 11.3 Å². The summed E-state index contributed by atoms with van der Waals surface area (Å²) in [5, 5.41) is -0.624. The zero-order valence-corrected chi connectivity index (χ0v) is 13.7. The second-order valence-corrected chi connectivity index (χ2v) is 5.74. The SMILES string of the molecule is CCCCCCCCCCCCC(=O)OC(C)C(=O)Cl. The third-order valence-electron chi connectivity index (χ3n) is 3.36. The van der Waals surface area contributed by atoms with Crippen LogP contribution >= 0.6 is 11.6 Å². The molecule has 0 aliphatic rings. The number of carbonyl (C=O) groups excluding carboxylic acids is 2. The summed E-state index contributed by atoms with van der Waals surface area (Å²) in [5.74, 6) is -0.328. The van der Waals surface area contributed by atoms with E-state index >= 15 is 0 Å². The Kier molecular flexibility index (Phi) is 13.0. The lowest BCUT2D eigenvalue weighted by Gasteiger charge is -2.08. The largest absolute Gasteiger partial charge is 0.453 e.